The van der Waals surface area contributed by atoms with E-state index < -0.39 is 0 Å². The van der Waals surface area contributed by atoms with Crippen LogP contribution in [0.4, 0.5) is 4.39 Å². The van der Waals surface area contributed by atoms with E-state index in [0.29, 0.717) is 12.5 Å². The molecule has 0 bridgehead atoms. The minimum Gasteiger partial charge on any atom is -0.380 e. The van der Waals surface area contributed by atoms with E-state index in [0.717, 1.165) is 38.4 Å². The molecule has 0 amide bonds. The van der Waals surface area contributed by atoms with Gasteiger partial charge in [-0.3, -0.25) is 4.90 Å². The standard InChI is InChI=1S/C16H23FN2O/c1-18(2)10-16-11-19(8-14(16)9-20-12-16)7-13-5-3-4-6-15(13)17/h3-6,14H,7-12H2,1-2H3/t14-,16+/m1/s1. The molecule has 0 unspecified atom stereocenters. The van der Waals surface area contributed by atoms with Gasteiger partial charge in [-0.2, -0.15) is 0 Å². The third kappa shape index (κ3) is 2.60. The zero-order valence-corrected chi connectivity index (χ0v) is 12.3. The Kier molecular flexibility index (Phi) is 3.80. The van der Waals surface area contributed by atoms with Crippen LogP contribution >= 0.6 is 0 Å². The summed E-state index contributed by atoms with van der Waals surface area (Å²) in [4.78, 5) is 4.63. The van der Waals surface area contributed by atoms with Crippen LogP contribution in [-0.2, 0) is 11.3 Å². The number of nitrogens with zero attached hydrogens (tertiary/aromatic N) is 2. The SMILES string of the molecule is CN(C)C[C@]12COC[C@H]1CN(Cc1ccccc1F)C2. The van der Waals surface area contributed by atoms with Crippen molar-refractivity contribution in [1.29, 1.82) is 0 Å². The normalized spacial score (nSPS) is 30.1. The summed E-state index contributed by atoms with van der Waals surface area (Å²) in [6.45, 7) is 5.46. The fraction of sp³-hybridized carbons (Fsp3) is 0.625. The first-order valence-electron chi connectivity index (χ1n) is 7.27. The number of benzene rings is 1. The quantitative estimate of drug-likeness (QED) is 0.836. The maximum Gasteiger partial charge on any atom is 0.127 e. The average molecular weight is 278 g/mol. The molecule has 0 radical (unpaired) electrons. The Morgan fingerprint density at radius 3 is 2.95 bits per heavy atom. The molecule has 0 spiro atoms. The predicted molar refractivity (Wildman–Crippen MR) is 77.0 cm³/mol. The monoisotopic (exact) mass is 278 g/mol. The van der Waals surface area contributed by atoms with Gasteiger partial charge in [0, 0.05) is 43.1 Å². The van der Waals surface area contributed by atoms with Crippen LogP contribution in [0.1, 0.15) is 5.56 Å². The summed E-state index contributed by atoms with van der Waals surface area (Å²) in [7, 11) is 4.23. The summed E-state index contributed by atoms with van der Waals surface area (Å²) in [6.07, 6.45) is 0. The van der Waals surface area contributed by atoms with Crippen molar-refractivity contribution in [2.75, 3.05) is 46.9 Å². The van der Waals surface area contributed by atoms with Crippen molar-refractivity contribution >= 4 is 0 Å². The highest BCUT2D eigenvalue weighted by Gasteiger charge is 2.50. The van der Waals surface area contributed by atoms with Crippen molar-refractivity contribution in [1.82, 2.24) is 9.80 Å². The lowest BCUT2D eigenvalue weighted by atomic mass is 9.81. The molecule has 20 heavy (non-hydrogen) atoms. The molecule has 3 nitrogen and oxygen atoms in total. The van der Waals surface area contributed by atoms with Gasteiger partial charge in [0.1, 0.15) is 5.82 Å². The molecular formula is C16H23FN2O. The van der Waals surface area contributed by atoms with Gasteiger partial charge >= 0.3 is 0 Å². The molecule has 2 fully saturated rings. The summed E-state index contributed by atoms with van der Waals surface area (Å²) < 4.78 is 19.5. The van der Waals surface area contributed by atoms with Crippen LogP contribution in [0.3, 0.4) is 0 Å². The zero-order valence-electron chi connectivity index (χ0n) is 12.3. The van der Waals surface area contributed by atoms with E-state index >= 15 is 0 Å². The number of ether oxygens (including phenoxy) is 1. The third-order valence-electron chi connectivity index (χ3n) is 4.57. The van der Waals surface area contributed by atoms with Crippen LogP contribution in [0.15, 0.2) is 24.3 Å². The van der Waals surface area contributed by atoms with Crippen molar-refractivity contribution < 1.29 is 9.13 Å². The summed E-state index contributed by atoms with van der Waals surface area (Å²) in [5.41, 5.74) is 1.03. The fourth-order valence-corrected chi connectivity index (χ4v) is 3.78. The van der Waals surface area contributed by atoms with Gasteiger partial charge in [-0.15, -0.1) is 0 Å². The number of halogens is 1. The van der Waals surface area contributed by atoms with Gasteiger partial charge < -0.3 is 9.64 Å². The van der Waals surface area contributed by atoms with Crippen molar-refractivity contribution in [3.05, 3.63) is 35.6 Å². The topological polar surface area (TPSA) is 15.7 Å². The van der Waals surface area contributed by atoms with E-state index in [-0.39, 0.29) is 11.2 Å². The van der Waals surface area contributed by atoms with E-state index in [9.17, 15) is 4.39 Å². The minimum absolute atomic E-state index is 0.0949. The second-order valence-electron chi connectivity index (χ2n) is 6.57. The van der Waals surface area contributed by atoms with E-state index in [1.165, 1.54) is 0 Å². The Balaban J connectivity index is 1.71. The van der Waals surface area contributed by atoms with Crippen molar-refractivity contribution in [3.63, 3.8) is 0 Å². The molecule has 2 aliphatic rings. The van der Waals surface area contributed by atoms with Gasteiger partial charge in [-0.05, 0) is 20.2 Å². The van der Waals surface area contributed by atoms with Crippen molar-refractivity contribution in [2.24, 2.45) is 11.3 Å². The van der Waals surface area contributed by atoms with Gasteiger partial charge in [0.25, 0.3) is 0 Å². The van der Waals surface area contributed by atoms with Crippen LogP contribution in [0.2, 0.25) is 0 Å². The number of rotatable bonds is 4. The first-order valence-corrected chi connectivity index (χ1v) is 7.27. The molecule has 0 aromatic heterocycles. The molecule has 1 aromatic rings. The van der Waals surface area contributed by atoms with E-state index in [1.54, 1.807) is 12.1 Å². The molecule has 2 heterocycles. The highest BCUT2D eigenvalue weighted by Crippen LogP contribution is 2.42. The van der Waals surface area contributed by atoms with Crippen LogP contribution in [-0.4, -0.2) is 56.7 Å². The molecule has 2 saturated heterocycles. The Bertz CT molecular complexity index is 479. The second-order valence-corrected chi connectivity index (χ2v) is 6.57. The molecule has 4 heteroatoms. The first-order chi connectivity index (χ1) is 9.59. The maximum atomic E-state index is 13.8. The van der Waals surface area contributed by atoms with Crippen LogP contribution in [0.25, 0.3) is 0 Å². The molecule has 0 saturated carbocycles. The van der Waals surface area contributed by atoms with Crippen molar-refractivity contribution in [3.8, 4) is 0 Å². The Morgan fingerprint density at radius 2 is 2.20 bits per heavy atom. The number of hydrogen-bond acceptors (Lipinski definition) is 3. The van der Waals surface area contributed by atoms with Gasteiger partial charge in [0.2, 0.25) is 0 Å². The maximum absolute atomic E-state index is 13.8. The highest BCUT2D eigenvalue weighted by atomic mass is 19.1. The summed E-state index contributed by atoms with van der Waals surface area (Å²) in [5.74, 6) is 0.485. The molecule has 3 rings (SSSR count). The Labute approximate surface area is 120 Å². The zero-order chi connectivity index (χ0) is 14.2. The Hall–Kier alpha value is -0.970. The molecule has 0 aliphatic carbocycles. The van der Waals surface area contributed by atoms with Gasteiger partial charge in [-0.25, -0.2) is 4.39 Å². The highest BCUT2D eigenvalue weighted by molar-refractivity contribution is 5.18. The predicted octanol–water partition coefficient (Wildman–Crippen LogP) is 1.84. The lowest BCUT2D eigenvalue weighted by Gasteiger charge is -2.30. The molecule has 1 aromatic carbocycles. The van der Waals surface area contributed by atoms with E-state index in [2.05, 4.69) is 23.9 Å². The lowest BCUT2D eigenvalue weighted by Crippen LogP contribution is -2.40. The van der Waals surface area contributed by atoms with Crippen molar-refractivity contribution in [2.45, 2.75) is 6.54 Å². The minimum atomic E-state index is -0.0949. The summed E-state index contributed by atoms with van der Waals surface area (Å²) >= 11 is 0. The van der Waals surface area contributed by atoms with E-state index in [4.69, 9.17) is 4.74 Å². The van der Waals surface area contributed by atoms with Gasteiger partial charge in [-0.1, -0.05) is 18.2 Å². The fourth-order valence-electron chi connectivity index (χ4n) is 3.78. The molecule has 0 N–H and O–H groups in total. The Morgan fingerprint density at radius 1 is 1.40 bits per heavy atom. The van der Waals surface area contributed by atoms with E-state index in [1.807, 2.05) is 12.1 Å². The first kappa shape index (κ1) is 14.0. The molecular weight excluding hydrogens is 255 g/mol. The number of likely N-dealkylation sites (tertiary alicyclic amines) is 1. The summed E-state index contributed by atoms with van der Waals surface area (Å²) in [5, 5.41) is 0. The molecule has 110 valence electrons. The second kappa shape index (κ2) is 5.43. The third-order valence-corrected chi connectivity index (χ3v) is 4.57. The molecule has 2 aliphatic heterocycles. The summed E-state index contributed by atoms with van der Waals surface area (Å²) in [6, 6.07) is 7.09. The average Bonchev–Trinajstić information content (AvgIpc) is 2.87. The van der Waals surface area contributed by atoms with Crippen LogP contribution in [0.5, 0.6) is 0 Å². The van der Waals surface area contributed by atoms with Gasteiger partial charge in [0.05, 0.1) is 13.2 Å². The van der Waals surface area contributed by atoms with Gasteiger partial charge in [0.15, 0.2) is 0 Å². The number of hydrogen-bond donors (Lipinski definition) is 0. The number of fused-ring (bicyclic) bond motifs is 1. The molecule has 2 atom stereocenters. The van der Waals surface area contributed by atoms with Crippen LogP contribution in [0, 0.1) is 17.2 Å². The lowest BCUT2D eigenvalue weighted by molar-refractivity contribution is 0.109. The van der Waals surface area contributed by atoms with Crippen LogP contribution < -0.4 is 0 Å². The largest absolute Gasteiger partial charge is 0.380 e. The smallest absolute Gasteiger partial charge is 0.127 e.